The van der Waals surface area contributed by atoms with E-state index in [-0.39, 0.29) is 0 Å². The number of benzene rings is 1. The Morgan fingerprint density at radius 1 is 1.29 bits per heavy atom. The van der Waals surface area contributed by atoms with Crippen molar-refractivity contribution >= 4 is 5.91 Å². The van der Waals surface area contributed by atoms with Gasteiger partial charge >= 0.3 is 0 Å². The summed E-state index contributed by atoms with van der Waals surface area (Å²) in [5.74, 6) is 1.52. The van der Waals surface area contributed by atoms with Gasteiger partial charge in [0.2, 0.25) is 5.91 Å². The first-order chi connectivity index (χ1) is 8.16. The van der Waals surface area contributed by atoms with Crippen LogP contribution < -0.4 is 0 Å². The Labute approximate surface area is 104 Å². The lowest BCUT2D eigenvalue weighted by atomic mass is 9.86. The molecule has 92 valence electrons. The van der Waals surface area contributed by atoms with E-state index in [0.717, 1.165) is 25.9 Å². The Kier molecular flexibility index (Phi) is 3.82. The summed E-state index contributed by atoms with van der Waals surface area (Å²) in [5, 5.41) is 0. The number of carbonyl (C=O) groups is 1. The largest absolute Gasteiger partial charge is 0.338 e. The summed E-state index contributed by atoms with van der Waals surface area (Å²) in [6.45, 7) is 6.11. The molecule has 0 aromatic heterocycles. The standard InChI is InChI=1S/C15H21NO/c1-12(2)14-8-9-16(15(17)10-14)11-13-6-4-3-5-7-13/h3-7,12,14H,8-11H2,1-2H3/t14-/m1/s1. The molecule has 17 heavy (non-hydrogen) atoms. The molecule has 1 aromatic rings. The van der Waals surface area contributed by atoms with Crippen LogP contribution in [0.2, 0.25) is 0 Å². The summed E-state index contributed by atoms with van der Waals surface area (Å²) in [5.41, 5.74) is 1.23. The molecule has 2 heteroatoms. The molecule has 0 N–H and O–H groups in total. The van der Waals surface area contributed by atoms with Crippen LogP contribution in [0.1, 0.15) is 32.3 Å². The summed E-state index contributed by atoms with van der Waals surface area (Å²) < 4.78 is 0. The first-order valence-electron chi connectivity index (χ1n) is 6.48. The summed E-state index contributed by atoms with van der Waals surface area (Å²) >= 11 is 0. The van der Waals surface area contributed by atoms with E-state index in [1.807, 2.05) is 23.1 Å². The quantitative estimate of drug-likeness (QED) is 0.783. The molecule has 2 nitrogen and oxygen atoms in total. The highest BCUT2D eigenvalue weighted by Gasteiger charge is 2.27. The van der Waals surface area contributed by atoms with E-state index in [9.17, 15) is 4.79 Å². The van der Waals surface area contributed by atoms with Crippen molar-refractivity contribution in [2.45, 2.75) is 33.2 Å². The van der Waals surface area contributed by atoms with Gasteiger partial charge in [-0.15, -0.1) is 0 Å². The fraction of sp³-hybridized carbons (Fsp3) is 0.533. The van der Waals surface area contributed by atoms with Gasteiger partial charge < -0.3 is 4.90 Å². The molecule has 1 saturated heterocycles. The lowest BCUT2D eigenvalue weighted by molar-refractivity contribution is -0.136. The van der Waals surface area contributed by atoms with Crippen LogP contribution >= 0.6 is 0 Å². The fourth-order valence-electron chi connectivity index (χ4n) is 2.44. The Balaban J connectivity index is 1.94. The van der Waals surface area contributed by atoms with Crippen LogP contribution in [0.15, 0.2) is 30.3 Å². The molecule has 0 spiro atoms. The topological polar surface area (TPSA) is 20.3 Å². The number of amides is 1. The minimum absolute atomic E-state index is 0.318. The minimum Gasteiger partial charge on any atom is -0.338 e. The zero-order valence-electron chi connectivity index (χ0n) is 10.7. The van der Waals surface area contributed by atoms with Crippen molar-refractivity contribution in [2.75, 3.05) is 6.54 Å². The van der Waals surface area contributed by atoms with Crippen molar-refractivity contribution < 1.29 is 4.79 Å². The molecule has 1 aliphatic rings. The molecule has 1 atom stereocenters. The zero-order chi connectivity index (χ0) is 12.3. The number of carbonyl (C=O) groups excluding carboxylic acids is 1. The van der Waals surface area contributed by atoms with Gasteiger partial charge in [0, 0.05) is 19.5 Å². The van der Waals surface area contributed by atoms with E-state index in [0.29, 0.717) is 17.7 Å². The monoisotopic (exact) mass is 231 g/mol. The molecular weight excluding hydrogens is 210 g/mol. The van der Waals surface area contributed by atoms with Gasteiger partial charge in [0.1, 0.15) is 0 Å². The van der Waals surface area contributed by atoms with Gasteiger partial charge in [-0.05, 0) is 23.8 Å². The molecule has 1 amide bonds. The molecule has 2 rings (SSSR count). The molecular formula is C15H21NO. The van der Waals surface area contributed by atoms with Crippen molar-refractivity contribution in [1.29, 1.82) is 0 Å². The number of hydrogen-bond acceptors (Lipinski definition) is 1. The maximum Gasteiger partial charge on any atom is 0.223 e. The van der Waals surface area contributed by atoms with Crippen LogP contribution in [0.25, 0.3) is 0 Å². The molecule has 1 aliphatic heterocycles. The average Bonchev–Trinajstić information content (AvgIpc) is 2.33. The van der Waals surface area contributed by atoms with E-state index in [1.165, 1.54) is 5.56 Å². The highest BCUT2D eigenvalue weighted by Crippen LogP contribution is 2.26. The minimum atomic E-state index is 0.318. The second-order valence-electron chi connectivity index (χ2n) is 5.30. The predicted molar refractivity (Wildman–Crippen MR) is 69.4 cm³/mol. The Hall–Kier alpha value is -1.31. The van der Waals surface area contributed by atoms with Crippen molar-refractivity contribution in [1.82, 2.24) is 4.90 Å². The molecule has 0 bridgehead atoms. The Bertz CT molecular complexity index is 372. The molecule has 1 heterocycles. The summed E-state index contributed by atoms with van der Waals surface area (Å²) in [4.78, 5) is 14.0. The van der Waals surface area contributed by atoms with Gasteiger partial charge in [0.25, 0.3) is 0 Å². The van der Waals surface area contributed by atoms with Gasteiger partial charge in [0.15, 0.2) is 0 Å². The highest BCUT2D eigenvalue weighted by atomic mass is 16.2. The van der Waals surface area contributed by atoms with Crippen LogP contribution in [0.3, 0.4) is 0 Å². The van der Waals surface area contributed by atoms with Gasteiger partial charge in [-0.2, -0.15) is 0 Å². The van der Waals surface area contributed by atoms with Crippen molar-refractivity contribution in [2.24, 2.45) is 11.8 Å². The van der Waals surface area contributed by atoms with E-state index in [1.54, 1.807) is 0 Å². The summed E-state index contributed by atoms with van der Waals surface area (Å²) in [7, 11) is 0. The second kappa shape index (κ2) is 5.35. The van der Waals surface area contributed by atoms with Crippen LogP contribution in [0.4, 0.5) is 0 Å². The van der Waals surface area contributed by atoms with Crippen molar-refractivity contribution in [3.05, 3.63) is 35.9 Å². The molecule has 0 radical (unpaired) electrons. The van der Waals surface area contributed by atoms with Gasteiger partial charge in [0.05, 0.1) is 0 Å². The van der Waals surface area contributed by atoms with Crippen LogP contribution in [-0.4, -0.2) is 17.4 Å². The number of hydrogen-bond donors (Lipinski definition) is 0. The molecule has 1 fully saturated rings. The van der Waals surface area contributed by atoms with Crippen molar-refractivity contribution in [3.8, 4) is 0 Å². The third kappa shape index (κ3) is 3.09. The summed E-state index contributed by atoms with van der Waals surface area (Å²) in [6, 6.07) is 10.2. The first kappa shape index (κ1) is 12.2. The number of rotatable bonds is 3. The zero-order valence-corrected chi connectivity index (χ0v) is 10.7. The number of nitrogens with zero attached hydrogens (tertiary/aromatic N) is 1. The van der Waals surface area contributed by atoms with E-state index in [2.05, 4.69) is 26.0 Å². The summed E-state index contributed by atoms with van der Waals surface area (Å²) in [6.07, 6.45) is 1.88. The van der Waals surface area contributed by atoms with E-state index in [4.69, 9.17) is 0 Å². The predicted octanol–water partition coefficient (Wildman–Crippen LogP) is 3.08. The lowest BCUT2D eigenvalue weighted by Crippen LogP contribution is -2.39. The fourth-order valence-corrected chi connectivity index (χ4v) is 2.44. The van der Waals surface area contributed by atoms with Gasteiger partial charge in [-0.1, -0.05) is 44.2 Å². The van der Waals surface area contributed by atoms with Crippen LogP contribution in [-0.2, 0) is 11.3 Å². The van der Waals surface area contributed by atoms with Crippen LogP contribution in [0, 0.1) is 11.8 Å². The van der Waals surface area contributed by atoms with Crippen LogP contribution in [0.5, 0.6) is 0 Å². The highest BCUT2D eigenvalue weighted by molar-refractivity contribution is 5.77. The van der Waals surface area contributed by atoms with E-state index < -0.39 is 0 Å². The van der Waals surface area contributed by atoms with Crippen molar-refractivity contribution in [3.63, 3.8) is 0 Å². The SMILES string of the molecule is CC(C)[C@@H]1CCN(Cc2ccccc2)C(=O)C1. The molecule has 0 unspecified atom stereocenters. The third-order valence-corrected chi connectivity index (χ3v) is 3.72. The maximum absolute atomic E-state index is 12.0. The number of piperidine rings is 1. The Morgan fingerprint density at radius 3 is 2.59 bits per heavy atom. The second-order valence-corrected chi connectivity index (χ2v) is 5.30. The lowest BCUT2D eigenvalue weighted by Gasteiger charge is -2.33. The third-order valence-electron chi connectivity index (χ3n) is 3.72. The number of likely N-dealkylation sites (tertiary alicyclic amines) is 1. The maximum atomic E-state index is 12.0. The van der Waals surface area contributed by atoms with Gasteiger partial charge in [-0.25, -0.2) is 0 Å². The van der Waals surface area contributed by atoms with Gasteiger partial charge in [-0.3, -0.25) is 4.79 Å². The normalized spacial score (nSPS) is 21.0. The first-order valence-corrected chi connectivity index (χ1v) is 6.48. The van der Waals surface area contributed by atoms with E-state index >= 15 is 0 Å². The molecule has 0 saturated carbocycles. The average molecular weight is 231 g/mol. The molecule has 0 aliphatic carbocycles. The Morgan fingerprint density at radius 2 is 2.00 bits per heavy atom. The molecule has 1 aromatic carbocycles. The smallest absolute Gasteiger partial charge is 0.223 e.